The molecule has 0 fully saturated rings. The highest BCUT2D eigenvalue weighted by Crippen LogP contribution is 2.44. The van der Waals surface area contributed by atoms with Crippen LogP contribution in [0.3, 0.4) is 0 Å². The number of nitrogens with one attached hydrogen (secondary N) is 1. The van der Waals surface area contributed by atoms with E-state index in [1.165, 1.54) is 11.4 Å². The van der Waals surface area contributed by atoms with Crippen molar-refractivity contribution in [2.45, 2.75) is 11.8 Å². The van der Waals surface area contributed by atoms with Gasteiger partial charge in [0.05, 0.1) is 10.6 Å². The topological polar surface area (TPSA) is 66.5 Å². The highest BCUT2D eigenvalue weighted by Gasteiger charge is 2.33. The molecule has 0 spiro atoms. The van der Waals surface area contributed by atoms with E-state index in [9.17, 15) is 13.2 Å². The highest BCUT2D eigenvalue weighted by atomic mass is 32.2. The number of aryl methyl sites for hydroxylation is 1. The minimum atomic E-state index is -3.58. The summed E-state index contributed by atoms with van der Waals surface area (Å²) in [4.78, 5) is 12.5. The van der Waals surface area contributed by atoms with Gasteiger partial charge < -0.3 is 5.32 Å². The predicted molar refractivity (Wildman–Crippen MR) is 94.7 cm³/mol. The lowest BCUT2D eigenvalue weighted by atomic mass is 9.96. The van der Waals surface area contributed by atoms with Crippen molar-refractivity contribution in [3.63, 3.8) is 0 Å². The van der Waals surface area contributed by atoms with E-state index in [2.05, 4.69) is 11.9 Å². The third-order valence-electron chi connectivity index (χ3n) is 4.10. The summed E-state index contributed by atoms with van der Waals surface area (Å²) >= 11 is 0. The molecule has 1 amide bonds. The van der Waals surface area contributed by atoms with Crippen LogP contribution in [0.1, 0.15) is 15.9 Å². The van der Waals surface area contributed by atoms with Crippen LogP contribution < -0.4 is 9.62 Å². The molecule has 2 aromatic rings. The molecule has 124 valence electrons. The Bertz CT molecular complexity index is 949. The van der Waals surface area contributed by atoms with Crippen LogP contribution in [0.2, 0.25) is 0 Å². The average Bonchev–Trinajstić information content (AvgIpc) is 2.57. The van der Waals surface area contributed by atoms with Crippen molar-refractivity contribution >= 4 is 21.6 Å². The first-order valence-electron chi connectivity index (χ1n) is 7.50. The van der Waals surface area contributed by atoms with E-state index in [0.29, 0.717) is 23.4 Å². The summed E-state index contributed by atoms with van der Waals surface area (Å²) in [7, 11) is -2.05. The number of hydrogen-bond donors (Lipinski definition) is 1. The summed E-state index contributed by atoms with van der Waals surface area (Å²) in [6.45, 7) is 5.77. The molecule has 0 saturated carbocycles. The molecule has 2 aromatic carbocycles. The van der Waals surface area contributed by atoms with Crippen LogP contribution in [0.15, 0.2) is 53.9 Å². The van der Waals surface area contributed by atoms with Crippen LogP contribution in [-0.4, -0.2) is 27.9 Å². The second kappa shape index (κ2) is 5.79. The zero-order valence-corrected chi connectivity index (χ0v) is 14.4. The van der Waals surface area contributed by atoms with Crippen LogP contribution >= 0.6 is 0 Å². The number of amides is 1. The molecule has 0 radical (unpaired) electrons. The fourth-order valence-electron chi connectivity index (χ4n) is 2.98. The van der Waals surface area contributed by atoms with E-state index in [1.807, 2.05) is 6.92 Å². The lowest BCUT2D eigenvalue weighted by Gasteiger charge is -2.31. The summed E-state index contributed by atoms with van der Waals surface area (Å²) in [5.41, 5.74) is 3.19. The Morgan fingerprint density at radius 1 is 1.25 bits per heavy atom. The SMILES string of the molecule is C=CCNC(=O)c1cc(C)c2c(c1)-c1ccccc1S(=O)(=O)N2C. The lowest BCUT2D eigenvalue weighted by Crippen LogP contribution is -2.31. The normalized spacial score (nSPS) is 14.5. The maximum Gasteiger partial charge on any atom is 0.264 e. The van der Waals surface area contributed by atoms with E-state index in [4.69, 9.17) is 0 Å². The Balaban J connectivity index is 2.25. The molecule has 0 atom stereocenters. The summed E-state index contributed by atoms with van der Waals surface area (Å²) in [6, 6.07) is 10.3. The van der Waals surface area contributed by atoms with Gasteiger partial charge in [0.25, 0.3) is 15.9 Å². The van der Waals surface area contributed by atoms with Gasteiger partial charge in [-0.25, -0.2) is 8.42 Å². The first-order chi connectivity index (χ1) is 11.4. The molecule has 0 unspecified atom stereocenters. The molecule has 3 rings (SSSR count). The Labute approximate surface area is 141 Å². The van der Waals surface area contributed by atoms with Gasteiger partial charge in [0, 0.05) is 30.3 Å². The molecule has 0 aromatic heterocycles. The summed E-state index contributed by atoms with van der Waals surface area (Å²) in [5, 5.41) is 2.75. The number of fused-ring (bicyclic) bond motifs is 3. The lowest BCUT2D eigenvalue weighted by molar-refractivity contribution is 0.0958. The van der Waals surface area contributed by atoms with E-state index in [0.717, 1.165) is 11.1 Å². The molecule has 5 nitrogen and oxygen atoms in total. The van der Waals surface area contributed by atoms with E-state index >= 15 is 0 Å². The fraction of sp³-hybridized carbons (Fsp3) is 0.167. The Kier molecular flexibility index (Phi) is 3.93. The predicted octanol–water partition coefficient (Wildman–Crippen LogP) is 2.72. The maximum absolute atomic E-state index is 12.7. The Morgan fingerprint density at radius 2 is 1.96 bits per heavy atom. The highest BCUT2D eigenvalue weighted by molar-refractivity contribution is 7.93. The number of nitrogens with zero attached hydrogens (tertiary/aromatic N) is 1. The smallest absolute Gasteiger partial charge is 0.264 e. The number of carbonyl (C=O) groups excluding carboxylic acids is 1. The zero-order valence-electron chi connectivity index (χ0n) is 13.5. The van der Waals surface area contributed by atoms with Crippen molar-refractivity contribution in [2.24, 2.45) is 0 Å². The average molecular weight is 342 g/mol. The first kappa shape index (κ1) is 16.3. The quantitative estimate of drug-likeness (QED) is 0.872. The number of anilines is 1. The summed E-state index contributed by atoms with van der Waals surface area (Å²) in [5.74, 6) is -0.214. The van der Waals surface area contributed by atoms with Crippen molar-refractivity contribution in [1.29, 1.82) is 0 Å². The number of hydrogen-bond acceptors (Lipinski definition) is 3. The van der Waals surface area contributed by atoms with Crippen LogP contribution in [0, 0.1) is 6.92 Å². The minimum Gasteiger partial charge on any atom is -0.349 e. The van der Waals surface area contributed by atoms with Gasteiger partial charge >= 0.3 is 0 Å². The number of sulfonamides is 1. The van der Waals surface area contributed by atoms with Gasteiger partial charge in [0.1, 0.15) is 0 Å². The summed E-state index contributed by atoms with van der Waals surface area (Å²) < 4.78 is 26.7. The van der Waals surface area contributed by atoms with Crippen LogP contribution in [0.25, 0.3) is 11.1 Å². The first-order valence-corrected chi connectivity index (χ1v) is 8.94. The van der Waals surface area contributed by atoms with Crippen molar-refractivity contribution < 1.29 is 13.2 Å². The zero-order chi connectivity index (χ0) is 17.5. The van der Waals surface area contributed by atoms with Gasteiger partial charge in [0.15, 0.2) is 0 Å². The third-order valence-corrected chi connectivity index (χ3v) is 5.92. The number of rotatable bonds is 3. The molecular weight excluding hydrogens is 324 g/mol. The van der Waals surface area contributed by atoms with E-state index in [1.54, 1.807) is 42.5 Å². The van der Waals surface area contributed by atoms with Gasteiger partial charge in [-0.1, -0.05) is 24.3 Å². The maximum atomic E-state index is 12.7. The molecule has 1 aliphatic heterocycles. The Hall–Kier alpha value is -2.60. The molecule has 0 saturated heterocycles. The third kappa shape index (κ3) is 2.39. The molecule has 24 heavy (non-hydrogen) atoms. The second-order valence-corrected chi connectivity index (χ2v) is 7.59. The molecule has 1 N–H and O–H groups in total. The molecule has 1 heterocycles. The van der Waals surface area contributed by atoms with Crippen molar-refractivity contribution in [3.8, 4) is 11.1 Å². The fourth-order valence-corrected chi connectivity index (χ4v) is 4.47. The molecule has 0 aliphatic carbocycles. The van der Waals surface area contributed by atoms with Crippen molar-refractivity contribution in [1.82, 2.24) is 5.32 Å². The molecule has 6 heteroatoms. The minimum absolute atomic E-state index is 0.214. The molecular formula is C18H18N2O3S. The number of benzene rings is 2. The van der Waals surface area contributed by atoms with Gasteiger partial charge in [-0.2, -0.15) is 0 Å². The monoisotopic (exact) mass is 342 g/mol. The van der Waals surface area contributed by atoms with Crippen LogP contribution in [-0.2, 0) is 10.0 Å². The van der Waals surface area contributed by atoms with E-state index < -0.39 is 10.0 Å². The van der Waals surface area contributed by atoms with Gasteiger partial charge in [-0.15, -0.1) is 6.58 Å². The van der Waals surface area contributed by atoms with Gasteiger partial charge in [-0.3, -0.25) is 9.10 Å². The summed E-state index contributed by atoms with van der Waals surface area (Å²) in [6.07, 6.45) is 1.61. The largest absolute Gasteiger partial charge is 0.349 e. The molecule has 0 bridgehead atoms. The van der Waals surface area contributed by atoms with Crippen molar-refractivity contribution in [3.05, 3.63) is 60.2 Å². The van der Waals surface area contributed by atoms with Gasteiger partial charge in [-0.05, 0) is 30.7 Å². The Morgan fingerprint density at radius 3 is 2.67 bits per heavy atom. The van der Waals surface area contributed by atoms with Crippen molar-refractivity contribution in [2.75, 3.05) is 17.9 Å². The molecule has 1 aliphatic rings. The van der Waals surface area contributed by atoms with Crippen LogP contribution in [0.5, 0.6) is 0 Å². The standard InChI is InChI=1S/C18H18N2O3S/c1-4-9-19-18(21)13-10-12(2)17-15(11-13)14-7-5-6-8-16(14)24(22,23)20(17)3/h4-8,10-11H,1,9H2,2-3H3,(H,19,21). The second-order valence-electron chi connectivity index (χ2n) is 5.66. The number of carbonyl (C=O) groups is 1. The van der Waals surface area contributed by atoms with E-state index in [-0.39, 0.29) is 10.8 Å². The van der Waals surface area contributed by atoms with Gasteiger partial charge in [0.2, 0.25) is 0 Å². The van der Waals surface area contributed by atoms with Crippen LogP contribution in [0.4, 0.5) is 5.69 Å².